The van der Waals surface area contributed by atoms with E-state index in [9.17, 15) is 9.18 Å². The summed E-state index contributed by atoms with van der Waals surface area (Å²) in [6.45, 7) is 2.33. The SMILES string of the molecule is COc1cccc(NC(=O)N2CCN(c3nc4c(F)cccc4s3)CC2)c1OC. The number of hydrogen-bond donors (Lipinski definition) is 1. The van der Waals surface area contributed by atoms with Gasteiger partial charge in [0, 0.05) is 26.2 Å². The van der Waals surface area contributed by atoms with E-state index in [1.807, 2.05) is 6.07 Å². The third-order valence-corrected chi connectivity index (χ3v) is 5.92. The number of thiazole rings is 1. The number of anilines is 2. The first-order valence-corrected chi connectivity index (χ1v) is 9.99. The van der Waals surface area contributed by atoms with Gasteiger partial charge in [-0.05, 0) is 24.3 Å². The highest BCUT2D eigenvalue weighted by atomic mass is 32.1. The summed E-state index contributed by atoms with van der Waals surface area (Å²) in [5, 5.41) is 3.67. The summed E-state index contributed by atoms with van der Waals surface area (Å²) in [5.41, 5.74) is 0.957. The van der Waals surface area contributed by atoms with Crippen LogP contribution in [0, 0.1) is 5.82 Å². The van der Waals surface area contributed by atoms with Gasteiger partial charge in [0.2, 0.25) is 0 Å². The first-order chi connectivity index (χ1) is 14.1. The van der Waals surface area contributed by atoms with Crippen LogP contribution in [0.4, 0.5) is 20.0 Å². The van der Waals surface area contributed by atoms with Crippen LogP contribution >= 0.6 is 11.3 Å². The summed E-state index contributed by atoms with van der Waals surface area (Å²) < 4.78 is 25.4. The van der Waals surface area contributed by atoms with Crippen molar-refractivity contribution in [1.82, 2.24) is 9.88 Å². The number of rotatable bonds is 4. The van der Waals surface area contributed by atoms with Crippen LogP contribution in [0.2, 0.25) is 0 Å². The van der Waals surface area contributed by atoms with Gasteiger partial charge < -0.3 is 24.6 Å². The number of piperazine rings is 1. The number of halogens is 1. The number of ether oxygens (including phenoxy) is 2. The van der Waals surface area contributed by atoms with Gasteiger partial charge in [0.05, 0.1) is 24.6 Å². The molecule has 3 aromatic rings. The lowest BCUT2D eigenvalue weighted by Crippen LogP contribution is -2.50. The maximum atomic E-state index is 13.9. The predicted molar refractivity (Wildman–Crippen MR) is 112 cm³/mol. The van der Waals surface area contributed by atoms with Gasteiger partial charge in [0.25, 0.3) is 0 Å². The highest BCUT2D eigenvalue weighted by Crippen LogP contribution is 2.35. The van der Waals surface area contributed by atoms with Crippen LogP contribution < -0.4 is 19.7 Å². The van der Waals surface area contributed by atoms with Crippen molar-refractivity contribution >= 4 is 38.4 Å². The second-order valence-corrected chi connectivity index (χ2v) is 7.54. The molecule has 1 saturated heterocycles. The zero-order valence-electron chi connectivity index (χ0n) is 16.1. The Bertz CT molecular complexity index is 1030. The summed E-state index contributed by atoms with van der Waals surface area (Å²) in [5.74, 6) is 0.729. The summed E-state index contributed by atoms with van der Waals surface area (Å²) in [4.78, 5) is 21.0. The zero-order valence-corrected chi connectivity index (χ0v) is 17.0. The van der Waals surface area contributed by atoms with Crippen LogP contribution in [-0.2, 0) is 0 Å². The van der Waals surface area contributed by atoms with Crippen molar-refractivity contribution in [3.63, 3.8) is 0 Å². The van der Waals surface area contributed by atoms with Crippen molar-refractivity contribution in [1.29, 1.82) is 0 Å². The molecule has 0 radical (unpaired) electrons. The molecule has 1 aliphatic heterocycles. The Kier molecular flexibility index (Phi) is 5.39. The number of nitrogens with one attached hydrogen (secondary N) is 1. The Morgan fingerprint density at radius 2 is 1.86 bits per heavy atom. The van der Waals surface area contributed by atoms with Gasteiger partial charge in [-0.15, -0.1) is 0 Å². The molecule has 0 aliphatic carbocycles. The number of benzene rings is 2. The zero-order chi connectivity index (χ0) is 20.4. The third-order valence-electron chi connectivity index (χ3n) is 4.84. The van der Waals surface area contributed by atoms with Gasteiger partial charge in [0.15, 0.2) is 16.6 Å². The van der Waals surface area contributed by atoms with Crippen LogP contribution in [0.25, 0.3) is 10.2 Å². The van der Waals surface area contributed by atoms with E-state index in [1.54, 1.807) is 36.3 Å². The molecule has 29 heavy (non-hydrogen) atoms. The summed E-state index contributed by atoms with van der Waals surface area (Å²) in [6.07, 6.45) is 0. The Morgan fingerprint density at radius 3 is 2.55 bits per heavy atom. The van der Waals surface area contributed by atoms with Crippen molar-refractivity contribution in [2.75, 3.05) is 50.6 Å². The number of nitrogens with zero attached hydrogens (tertiary/aromatic N) is 3. The lowest BCUT2D eigenvalue weighted by Gasteiger charge is -2.34. The maximum Gasteiger partial charge on any atom is 0.322 e. The first kappa shape index (κ1) is 19.3. The molecule has 0 bridgehead atoms. The molecule has 2 heterocycles. The monoisotopic (exact) mass is 416 g/mol. The minimum absolute atomic E-state index is 0.202. The smallest absolute Gasteiger partial charge is 0.322 e. The molecule has 1 N–H and O–H groups in total. The molecule has 4 rings (SSSR count). The van der Waals surface area contributed by atoms with E-state index in [0.717, 1.165) is 9.83 Å². The first-order valence-electron chi connectivity index (χ1n) is 9.17. The number of urea groups is 1. The molecule has 0 atom stereocenters. The van der Waals surface area contributed by atoms with E-state index in [2.05, 4.69) is 15.2 Å². The quantitative estimate of drug-likeness (QED) is 0.701. The fourth-order valence-corrected chi connectivity index (χ4v) is 4.35. The van der Waals surface area contributed by atoms with E-state index in [0.29, 0.717) is 48.9 Å². The Balaban J connectivity index is 1.41. The Morgan fingerprint density at radius 1 is 1.10 bits per heavy atom. The number of hydrogen-bond acceptors (Lipinski definition) is 6. The Hall–Kier alpha value is -3.07. The fraction of sp³-hybridized carbons (Fsp3) is 0.300. The number of para-hydroxylation sites is 2. The van der Waals surface area contributed by atoms with Crippen LogP contribution in [0.3, 0.4) is 0 Å². The normalized spacial score (nSPS) is 14.2. The van der Waals surface area contributed by atoms with E-state index < -0.39 is 0 Å². The molecule has 0 unspecified atom stereocenters. The molecule has 0 spiro atoms. The van der Waals surface area contributed by atoms with Gasteiger partial charge >= 0.3 is 6.03 Å². The third kappa shape index (κ3) is 3.77. The van der Waals surface area contributed by atoms with Gasteiger partial charge in [-0.1, -0.05) is 23.5 Å². The lowest BCUT2D eigenvalue weighted by atomic mass is 10.2. The molecule has 2 aromatic carbocycles. The average molecular weight is 416 g/mol. The van der Waals surface area contributed by atoms with Crippen molar-refractivity contribution < 1.29 is 18.7 Å². The van der Waals surface area contributed by atoms with Crippen molar-refractivity contribution in [3.05, 3.63) is 42.2 Å². The second kappa shape index (κ2) is 8.12. The molecule has 0 saturated carbocycles. The maximum absolute atomic E-state index is 13.9. The molecule has 1 aliphatic rings. The number of fused-ring (bicyclic) bond motifs is 1. The molecule has 1 aromatic heterocycles. The van der Waals surface area contributed by atoms with Crippen molar-refractivity contribution in [3.8, 4) is 11.5 Å². The summed E-state index contributed by atoms with van der Waals surface area (Å²) >= 11 is 1.46. The minimum Gasteiger partial charge on any atom is -0.493 e. The van der Waals surface area contributed by atoms with Crippen molar-refractivity contribution in [2.24, 2.45) is 0 Å². The van der Waals surface area contributed by atoms with Gasteiger partial charge in [-0.2, -0.15) is 0 Å². The molecule has 152 valence electrons. The number of amides is 2. The highest BCUT2D eigenvalue weighted by Gasteiger charge is 2.24. The average Bonchev–Trinajstić information content (AvgIpc) is 3.19. The van der Waals surface area contributed by atoms with E-state index in [-0.39, 0.29) is 11.8 Å². The molecule has 9 heteroatoms. The number of carbonyl (C=O) groups is 1. The van der Waals surface area contributed by atoms with Crippen LogP contribution in [0.15, 0.2) is 36.4 Å². The molecule has 7 nitrogen and oxygen atoms in total. The largest absolute Gasteiger partial charge is 0.493 e. The molecular weight excluding hydrogens is 395 g/mol. The van der Waals surface area contributed by atoms with Gasteiger partial charge in [0.1, 0.15) is 11.3 Å². The standard InChI is InChI=1S/C20H21FN4O3S/c1-27-15-7-4-6-14(18(15)28-2)22-19(26)24-9-11-25(12-10-24)20-23-17-13(21)5-3-8-16(17)29-20/h3-8H,9-12H2,1-2H3,(H,22,26). The second-order valence-electron chi connectivity index (χ2n) is 6.53. The van der Waals surface area contributed by atoms with Crippen LogP contribution in [0.1, 0.15) is 0 Å². The Labute approximate surface area is 171 Å². The van der Waals surface area contributed by atoms with E-state index in [4.69, 9.17) is 9.47 Å². The van der Waals surface area contributed by atoms with Gasteiger partial charge in [-0.3, -0.25) is 0 Å². The topological polar surface area (TPSA) is 66.9 Å². The number of methoxy groups -OCH3 is 2. The predicted octanol–water partition coefficient (Wildman–Crippen LogP) is 3.81. The number of carbonyl (C=O) groups excluding carboxylic acids is 1. The molecular formula is C20H21FN4O3S. The van der Waals surface area contributed by atoms with E-state index in [1.165, 1.54) is 24.5 Å². The minimum atomic E-state index is -0.310. The summed E-state index contributed by atoms with van der Waals surface area (Å²) in [7, 11) is 3.09. The molecule has 1 fully saturated rings. The fourth-order valence-electron chi connectivity index (χ4n) is 3.32. The van der Waals surface area contributed by atoms with Gasteiger partial charge in [-0.25, -0.2) is 14.2 Å². The number of aromatic nitrogens is 1. The van der Waals surface area contributed by atoms with E-state index >= 15 is 0 Å². The molecule has 2 amide bonds. The highest BCUT2D eigenvalue weighted by molar-refractivity contribution is 7.22. The van der Waals surface area contributed by atoms with Crippen molar-refractivity contribution in [2.45, 2.75) is 0 Å². The van der Waals surface area contributed by atoms with Crippen LogP contribution in [-0.4, -0.2) is 56.3 Å². The summed E-state index contributed by atoms with van der Waals surface area (Å²) in [6, 6.07) is 10.1. The van der Waals surface area contributed by atoms with Crippen LogP contribution in [0.5, 0.6) is 11.5 Å². The lowest BCUT2D eigenvalue weighted by molar-refractivity contribution is 0.208.